The van der Waals surface area contributed by atoms with Crippen molar-refractivity contribution in [3.63, 3.8) is 0 Å². The smallest absolute Gasteiger partial charge is 0.416 e. The first-order valence-electron chi connectivity index (χ1n) is 10.6. The Bertz CT molecular complexity index is 1140. The summed E-state index contributed by atoms with van der Waals surface area (Å²) >= 11 is 0. The van der Waals surface area contributed by atoms with E-state index in [0.717, 1.165) is 24.3 Å². The van der Waals surface area contributed by atoms with Crippen LogP contribution in [-0.4, -0.2) is 47.5 Å². The Morgan fingerprint density at radius 3 is 2.39 bits per heavy atom. The third-order valence-corrected chi connectivity index (χ3v) is 5.66. The average Bonchev–Trinajstić information content (AvgIpc) is 3.27. The van der Waals surface area contributed by atoms with E-state index in [2.05, 4.69) is 10.2 Å². The molecular weight excluding hydrogens is 519 g/mol. The van der Waals surface area contributed by atoms with Gasteiger partial charge in [0.25, 0.3) is 0 Å². The molecule has 1 saturated heterocycles. The van der Waals surface area contributed by atoms with Crippen molar-refractivity contribution in [1.29, 1.82) is 0 Å². The SMILES string of the molecule is Cl.Fc1ccc(-c2nnc(CC(CN3CCOC(c4cccc(C(F)(F)F)c4)C3)C(F)(F)F)o2)cc1. The van der Waals surface area contributed by atoms with Crippen molar-refractivity contribution < 1.29 is 39.9 Å². The van der Waals surface area contributed by atoms with Gasteiger partial charge in [0.15, 0.2) is 0 Å². The van der Waals surface area contributed by atoms with Crippen molar-refractivity contribution in [3.05, 3.63) is 71.4 Å². The molecule has 0 aliphatic carbocycles. The molecule has 2 atom stereocenters. The van der Waals surface area contributed by atoms with Gasteiger partial charge in [0.1, 0.15) is 5.82 Å². The summed E-state index contributed by atoms with van der Waals surface area (Å²) in [6.07, 6.45) is -10.5. The van der Waals surface area contributed by atoms with Crippen molar-refractivity contribution in [3.8, 4) is 11.5 Å². The van der Waals surface area contributed by atoms with Crippen LogP contribution in [0, 0.1) is 11.7 Å². The van der Waals surface area contributed by atoms with E-state index in [4.69, 9.17) is 9.15 Å². The second kappa shape index (κ2) is 11.1. The Morgan fingerprint density at radius 2 is 1.72 bits per heavy atom. The van der Waals surface area contributed by atoms with E-state index in [-0.39, 0.29) is 49.4 Å². The predicted molar refractivity (Wildman–Crippen MR) is 117 cm³/mol. The summed E-state index contributed by atoms with van der Waals surface area (Å²) in [5, 5.41) is 7.44. The van der Waals surface area contributed by atoms with Gasteiger partial charge in [-0.05, 0) is 42.0 Å². The van der Waals surface area contributed by atoms with Crippen LogP contribution in [0.2, 0.25) is 0 Å². The van der Waals surface area contributed by atoms with E-state index in [9.17, 15) is 30.7 Å². The van der Waals surface area contributed by atoms with E-state index in [1.54, 1.807) is 0 Å². The topological polar surface area (TPSA) is 51.4 Å². The van der Waals surface area contributed by atoms with Crippen molar-refractivity contribution in [1.82, 2.24) is 15.1 Å². The normalized spacial score (nSPS) is 18.0. The molecule has 0 bridgehead atoms. The second-order valence-corrected chi connectivity index (χ2v) is 8.19. The zero-order valence-corrected chi connectivity index (χ0v) is 19.3. The predicted octanol–water partition coefficient (Wildman–Crippen LogP) is 6.11. The number of alkyl halides is 6. The minimum absolute atomic E-state index is 0. The fourth-order valence-corrected chi connectivity index (χ4v) is 3.84. The van der Waals surface area contributed by atoms with Gasteiger partial charge in [-0.25, -0.2) is 4.39 Å². The van der Waals surface area contributed by atoms with Gasteiger partial charge in [0.05, 0.1) is 24.2 Å². The van der Waals surface area contributed by atoms with Crippen molar-refractivity contribution in [2.24, 2.45) is 5.92 Å². The number of ether oxygens (including phenoxy) is 1. The lowest BCUT2D eigenvalue weighted by molar-refractivity contribution is -0.183. The highest BCUT2D eigenvalue weighted by atomic mass is 35.5. The fraction of sp³-hybridized carbons (Fsp3) is 0.391. The number of aromatic nitrogens is 2. The maximum Gasteiger partial charge on any atom is 0.416 e. The van der Waals surface area contributed by atoms with Crippen LogP contribution in [0.4, 0.5) is 30.7 Å². The standard InChI is InChI=1S/C23H20F7N3O2.ClH/c24-18-6-4-14(5-7-18)21-32-31-20(35-21)11-17(23(28,29)30)12-33-8-9-34-19(13-33)15-2-1-3-16(10-15)22(25,26)27;/h1-7,10,17,19H,8-9,11-13H2;1H. The van der Waals surface area contributed by atoms with Gasteiger partial charge in [-0.3, -0.25) is 4.90 Å². The second-order valence-electron chi connectivity index (χ2n) is 8.19. The molecule has 2 heterocycles. The van der Waals surface area contributed by atoms with Gasteiger partial charge in [-0.2, -0.15) is 26.3 Å². The minimum atomic E-state index is -4.59. The zero-order chi connectivity index (χ0) is 25.2. The Labute approximate surface area is 207 Å². The minimum Gasteiger partial charge on any atom is -0.421 e. The number of halogens is 8. The Hall–Kier alpha value is -2.70. The molecule has 13 heteroatoms. The molecule has 0 saturated carbocycles. The summed E-state index contributed by atoms with van der Waals surface area (Å²) < 4.78 is 105. The number of hydrogen-bond acceptors (Lipinski definition) is 5. The largest absolute Gasteiger partial charge is 0.421 e. The first-order chi connectivity index (χ1) is 16.5. The molecule has 2 unspecified atom stereocenters. The summed E-state index contributed by atoms with van der Waals surface area (Å²) in [5.74, 6) is -2.60. The summed E-state index contributed by atoms with van der Waals surface area (Å²) in [5.41, 5.74) is -0.239. The van der Waals surface area contributed by atoms with Gasteiger partial charge in [0.2, 0.25) is 11.8 Å². The summed E-state index contributed by atoms with van der Waals surface area (Å²) in [7, 11) is 0. The first-order valence-corrected chi connectivity index (χ1v) is 10.6. The molecule has 4 rings (SSSR count). The number of nitrogens with zero attached hydrogens (tertiary/aromatic N) is 3. The Morgan fingerprint density at radius 1 is 1.00 bits per heavy atom. The molecular formula is C23H21ClF7N3O2. The molecule has 1 aliphatic rings. The van der Waals surface area contributed by atoms with Crippen molar-refractivity contribution >= 4 is 12.4 Å². The van der Waals surface area contributed by atoms with Gasteiger partial charge < -0.3 is 9.15 Å². The maximum absolute atomic E-state index is 13.8. The molecule has 0 N–H and O–H groups in total. The van der Waals surface area contributed by atoms with Crippen molar-refractivity contribution in [2.75, 3.05) is 26.2 Å². The van der Waals surface area contributed by atoms with Crippen LogP contribution < -0.4 is 0 Å². The highest BCUT2D eigenvalue weighted by Gasteiger charge is 2.42. The Balaban J connectivity index is 0.00000361. The number of rotatable bonds is 6. The average molecular weight is 540 g/mol. The quantitative estimate of drug-likeness (QED) is 0.354. The molecule has 0 spiro atoms. The van der Waals surface area contributed by atoms with E-state index >= 15 is 0 Å². The van der Waals surface area contributed by atoms with Crippen LogP contribution in [0.1, 0.15) is 23.1 Å². The number of benzene rings is 2. The highest BCUT2D eigenvalue weighted by Crippen LogP contribution is 2.34. The van der Waals surface area contributed by atoms with E-state index < -0.39 is 48.7 Å². The van der Waals surface area contributed by atoms with Crippen molar-refractivity contribution in [2.45, 2.75) is 24.9 Å². The molecule has 0 radical (unpaired) electrons. The number of hydrogen-bond donors (Lipinski definition) is 0. The highest BCUT2D eigenvalue weighted by molar-refractivity contribution is 5.85. The molecule has 36 heavy (non-hydrogen) atoms. The monoisotopic (exact) mass is 539 g/mol. The molecule has 196 valence electrons. The lowest BCUT2D eigenvalue weighted by atomic mass is 10.0. The molecule has 1 aromatic heterocycles. The van der Waals surface area contributed by atoms with Crippen LogP contribution in [0.5, 0.6) is 0 Å². The third kappa shape index (κ3) is 6.95. The van der Waals surface area contributed by atoms with Crippen LogP contribution in [0.3, 0.4) is 0 Å². The molecule has 1 fully saturated rings. The molecule has 1 aliphatic heterocycles. The molecule has 2 aromatic carbocycles. The van der Waals surface area contributed by atoms with Crippen LogP contribution in [-0.2, 0) is 17.3 Å². The molecule has 3 aromatic rings. The van der Waals surface area contributed by atoms with Gasteiger partial charge in [0, 0.05) is 31.6 Å². The summed E-state index contributed by atoms with van der Waals surface area (Å²) in [4.78, 5) is 1.50. The van der Waals surface area contributed by atoms with Crippen LogP contribution in [0.25, 0.3) is 11.5 Å². The third-order valence-electron chi connectivity index (χ3n) is 5.66. The first kappa shape index (κ1) is 27.9. The Kier molecular flexibility index (Phi) is 8.63. The van der Waals surface area contributed by atoms with Crippen LogP contribution >= 0.6 is 12.4 Å². The van der Waals surface area contributed by atoms with Gasteiger partial charge in [-0.1, -0.05) is 12.1 Å². The van der Waals surface area contributed by atoms with Gasteiger partial charge >= 0.3 is 12.4 Å². The zero-order valence-electron chi connectivity index (χ0n) is 18.5. The molecule has 5 nitrogen and oxygen atoms in total. The van der Waals surface area contributed by atoms with Crippen LogP contribution in [0.15, 0.2) is 52.9 Å². The lowest BCUT2D eigenvalue weighted by Gasteiger charge is -2.35. The molecule has 0 amide bonds. The van der Waals surface area contributed by atoms with E-state index in [0.29, 0.717) is 5.56 Å². The van der Waals surface area contributed by atoms with E-state index in [1.807, 2.05) is 0 Å². The number of morpholine rings is 1. The summed E-state index contributed by atoms with van der Waals surface area (Å²) in [6, 6.07) is 9.64. The summed E-state index contributed by atoms with van der Waals surface area (Å²) in [6.45, 7) is -0.164. The van der Waals surface area contributed by atoms with Gasteiger partial charge in [-0.15, -0.1) is 22.6 Å². The maximum atomic E-state index is 13.8. The fourth-order valence-electron chi connectivity index (χ4n) is 3.84. The lowest BCUT2D eigenvalue weighted by Crippen LogP contribution is -2.44. The van der Waals surface area contributed by atoms with E-state index in [1.165, 1.54) is 29.2 Å².